The van der Waals surface area contributed by atoms with Crippen molar-refractivity contribution in [2.75, 3.05) is 0 Å². The van der Waals surface area contributed by atoms with Gasteiger partial charge in [0.1, 0.15) is 0 Å². The molecule has 0 saturated carbocycles. The summed E-state index contributed by atoms with van der Waals surface area (Å²) in [6.07, 6.45) is 1.56. The van der Waals surface area contributed by atoms with Crippen LogP contribution in [-0.4, -0.2) is 10.8 Å². The number of nitrogens with zero attached hydrogens (tertiary/aromatic N) is 2. The van der Waals surface area contributed by atoms with Crippen molar-refractivity contribution >= 4 is 17.4 Å². The second-order valence-electron chi connectivity index (χ2n) is 4.12. The van der Waals surface area contributed by atoms with Gasteiger partial charge in [0.05, 0.1) is 16.8 Å². The van der Waals surface area contributed by atoms with Gasteiger partial charge >= 0.3 is 0 Å². The van der Waals surface area contributed by atoms with Gasteiger partial charge < -0.3 is 0 Å². The predicted molar refractivity (Wildman–Crippen MR) is 73.1 cm³/mol. The number of aryl methyl sites for hydroxylation is 1. The highest BCUT2D eigenvalue weighted by Crippen LogP contribution is 2.26. The van der Waals surface area contributed by atoms with Gasteiger partial charge in [-0.1, -0.05) is 29.8 Å². The third-order valence-electron chi connectivity index (χ3n) is 2.83. The largest absolute Gasteiger partial charge is 0.292 e. The van der Waals surface area contributed by atoms with Gasteiger partial charge in [-0.3, -0.25) is 9.78 Å². The van der Waals surface area contributed by atoms with Gasteiger partial charge in [0, 0.05) is 11.8 Å². The second-order valence-corrected chi connectivity index (χ2v) is 4.50. The van der Waals surface area contributed by atoms with Gasteiger partial charge in [-0.2, -0.15) is 5.26 Å². The molecule has 19 heavy (non-hydrogen) atoms. The van der Waals surface area contributed by atoms with E-state index >= 15 is 0 Å². The maximum Gasteiger partial charge on any atom is 0.187 e. The zero-order chi connectivity index (χ0) is 13.8. The first kappa shape index (κ1) is 13.3. The highest BCUT2D eigenvalue weighted by atomic mass is 35.5. The van der Waals surface area contributed by atoms with Crippen molar-refractivity contribution in [2.24, 2.45) is 0 Å². The molecule has 0 aliphatic carbocycles. The minimum atomic E-state index is -0.930. The molecule has 1 unspecified atom stereocenters. The Labute approximate surface area is 116 Å². The minimum absolute atomic E-state index is 0.324. The first-order valence-corrected chi connectivity index (χ1v) is 6.13. The molecule has 0 amide bonds. The average Bonchev–Trinajstić information content (AvgIpc) is 2.44. The van der Waals surface area contributed by atoms with Crippen LogP contribution in [0, 0.1) is 18.3 Å². The fraction of sp³-hybridized carbons (Fsp3) is 0.133. The van der Waals surface area contributed by atoms with Crippen LogP contribution < -0.4 is 0 Å². The second kappa shape index (κ2) is 5.64. The number of halogens is 1. The van der Waals surface area contributed by atoms with Crippen LogP contribution in [0.3, 0.4) is 0 Å². The summed E-state index contributed by atoms with van der Waals surface area (Å²) >= 11 is 6.13. The number of rotatable bonds is 3. The highest BCUT2D eigenvalue weighted by Gasteiger charge is 2.24. The Kier molecular flexibility index (Phi) is 3.94. The van der Waals surface area contributed by atoms with Crippen LogP contribution in [0.5, 0.6) is 0 Å². The summed E-state index contributed by atoms with van der Waals surface area (Å²) in [5.41, 5.74) is 1.61. The molecule has 0 spiro atoms. The van der Waals surface area contributed by atoms with Crippen molar-refractivity contribution in [3.05, 3.63) is 64.4 Å². The SMILES string of the molecule is Cc1cccc(C(=O)C(C#N)c2ccccn2)c1Cl. The van der Waals surface area contributed by atoms with E-state index in [0.29, 0.717) is 16.3 Å². The van der Waals surface area contributed by atoms with E-state index in [1.807, 2.05) is 19.1 Å². The number of Topliss-reactive ketones (excluding diaryl/α,β-unsaturated/α-hetero) is 1. The van der Waals surface area contributed by atoms with E-state index in [1.165, 1.54) is 0 Å². The van der Waals surface area contributed by atoms with Crippen molar-refractivity contribution in [3.63, 3.8) is 0 Å². The molecule has 0 aliphatic rings. The average molecular weight is 271 g/mol. The van der Waals surface area contributed by atoms with E-state index in [-0.39, 0.29) is 5.78 Å². The summed E-state index contributed by atoms with van der Waals surface area (Å²) in [5, 5.41) is 9.61. The number of ketones is 1. The monoisotopic (exact) mass is 270 g/mol. The fourth-order valence-corrected chi connectivity index (χ4v) is 2.02. The molecular weight excluding hydrogens is 260 g/mol. The molecule has 0 N–H and O–H groups in total. The lowest BCUT2D eigenvalue weighted by Gasteiger charge is -2.10. The highest BCUT2D eigenvalue weighted by molar-refractivity contribution is 6.35. The van der Waals surface area contributed by atoms with Gasteiger partial charge in [0.2, 0.25) is 0 Å². The van der Waals surface area contributed by atoms with Crippen LogP contribution in [0.4, 0.5) is 0 Å². The van der Waals surface area contributed by atoms with Crippen LogP contribution >= 0.6 is 11.6 Å². The standard InChI is InChI=1S/C15H11ClN2O/c1-10-5-4-6-11(14(10)16)15(19)12(9-17)13-7-2-3-8-18-13/h2-8,12H,1H3. The Hall–Kier alpha value is -2.18. The van der Waals surface area contributed by atoms with Gasteiger partial charge in [-0.15, -0.1) is 0 Å². The number of hydrogen-bond donors (Lipinski definition) is 0. The van der Waals surface area contributed by atoms with Crippen molar-refractivity contribution in [3.8, 4) is 6.07 Å². The van der Waals surface area contributed by atoms with Crippen molar-refractivity contribution in [1.82, 2.24) is 4.98 Å². The molecule has 0 saturated heterocycles. The molecule has 1 heterocycles. The van der Waals surface area contributed by atoms with Crippen molar-refractivity contribution in [2.45, 2.75) is 12.8 Å². The van der Waals surface area contributed by atoms with Crippen LogP contribution in [0.1, 0.15) is 27.5 Å². The minimum Gasteiger partial charge on any atom is -0.292 e. The predicted octanol–water partition coefficient (Wildman–Crippen LogP) is 3.53. The summed E-state index contributed by atoms with van der Waals surface area (Å²) in [6, 6.07) is 12.3. The lowest BCUT2D eigenvalue weighted by molar-refractivity contribution is 0.0977. The van der Waals surface area contributed by atoms with E-state index in [9.17, 15) is 10.1 Å². The summed E-state index contributed by atoms with van der Waals surface area (Å²) in [5.74, 6) is -1.25. The topological polar surface area (TPSA) is 53.8 Å². The normalized spacial score (nSPS) is 11.6. The number of nitriles is 1. The first-order chi connectivity index (χ1) is 9.15. The molecule has 0 radical (unpaired) electrons. The summed E-state index contributed by atoms with van der Waals surface area (Å²) in [6.45, 7) is 1.82. The number of pyridine rings is 1. The third kappa shape index (κ3) is 2.64. The Morgan fingerprint density at radius 1 is 1.32 bits per heavy atom. The molecule has 0 fully saturated rings. The van der Waals surface area contributed by atoms with Gasteiger partial charge in [-0.05, 0) is 30.7 Å². The van der Waals surface area contributed by atoms with E-state index in [4.69, 9.17) is 11.6 Å². The quantitative estimate of drug-likeness (QED) is 0.802. The maximum absolute atomic E-state index is 12.4. The molecular formula is C15H11ClN2O. The molecule has 0 bridgehead atoms. The third-order valence-corrected chi connectivity index (χ3v) is 3.33. The van der Waals surface area contributed by atoms with Gasteiger partial charge in [0.25, 0.3) is 0 Å². The Balaban J connectivity index is 2.43. The fourth-order valence-electron chi connectivity index (χ4n) is 1.80. The molecule has 0 aliphatic heterocycles. The molecule has 1 atom stereocenters. The maximum atomic E-state index is 12.4. The summed E-state index contributed by atoms with van der Waals surface area (Å²) in [7, 11) is 0. The van der Waals surface area contributed by atoms with Crippen molar-refractivity contribution < 1.29 is 4.79 Å². The molecule has 1 aromatic heterocycles. The molecule has 2 aromatic rings. The lowest BCUT2D eigenvalue weighted by Crippen LogP contribution is -2.13. The number of hydrogen-bond acceptors (Lipinski definition) is 3. The Morgan fingerprint density at radius 3 is 2.74 bits per heavy atom. The van der Waals surface area contributed by atoms with Crippen LogP contribution in [-0.2, 0) is 0 Å². The Morgan fingerprint density at radius 2 is 2.11 bits per heavy atom. The number of benzene rings is 1. The van der Waals surface area contributed by atoms with E-state index in [0.717, 1.165) is 5.56 Å². The summed E-state index contributed by atoms with van der Waals surface area (Å²) in [4.78, 5) is 16.5. The first-order valence-electron chi connectivity index (χ1n) is 5.75. The lowest BCUT2D eigenvalue weighted by atomic mass is 9.94. The van der Waals surface area contributed by atoms with E-state index in [1.54, 1.807) is 36.5 Å². The number of aromatic nitrogens is 1. The zero-order valence-corrected chi connectivity index (χ0v) is 11.1. The molecule has 4 heteroatoms. The molecule has 94 valence electrons. The van der Waals surface area contributed by atoms with E-state index in [2.05, 4.69) is 4.98 Å². The summed E-state index contributed by atoms with van der Waals surface area (Å²) < 4.78 is 0. The van der Waals surface area contributed by atoms with Crippen LogP contribution in [0.25, 0.3) is 0 Å². The van der Waals surface area contributed by atoms with Gasteiger partial charge in [-0.25, -0.2) is 0 Å². The van der Waals surface area contributed by atoms with E-state index < -0.39 is 5.92 Å². The smallest absolute Gasteiger partial charge is 0.187 e. The zero-order valence-electron chi connectivity index (χ0n) is 10.3. The van der Waals surface area contributed by atoms with Crippen molar-refractivity contribution in [1.29, 1.82) is 5.26 Å². The molecule has 1 aromatic carbocycles. The van der Waals surface area contributed by atoms with Crippen LogP contribution in [0.15, 0.2) is 42.6 Å². The molecule has 2 rings (SSSR count). The molecule has 3 nitrogen and oxygen atoms in total. The Bertz CT molecular complexity index is 647. The van der Waals surface area contributed by atoms with Gasteiger partial charge in [0.15, 0.2) is 11.7 Å². The number of carbonyl (C=O) groups excluding carboxylic acids is 1. The number of carbonyl (C=O) groups is 1. The van der Waals surface area contributed by atoms with Crippen LogP contribution in [0.2, 0.25) is 5.02 Å².